The summed E-state index contributed by atoms with van der Waals surface area (Å²) in [6, 6.07) is 1.86. The number of anilines is 2. The average molecular weight is 864 g/mol. The number of nitrogen functional groups attached to an aromatic ring is 1. The van der Waals surface area contributed by atoms with E-state index in [4.69, 9.17) is 20.4 Å². The van der Waals surface area contributed by atoms with Crippen LogP contribution >= 0.6 is 0 Å². The third kappa shape index (κ3) is 44.1. The molecule has 0 amide bonds. The molecule has 0 fully saturated rings. The van der Waals surface area contributed by atoms with Crippen LogP contribution in [0, 0.1) is 5.92 Å². The van der Waals surface area contributed by atoms with E-state index in [9.17, 15) is 4.79 Å². The third-order valence-corrected chi connectivity index (χ3v) is 12.1. The zero-order valence-electron chi connectivity index (χ0n) is 41.5. The molecule has 362 valence electrons. The lowest BCUT2D eigenvalue weighted by molar-refractivity contribution is -0.150. The van der Waals surface area contributed by atoms with Gasteiger partial charge in [0.2, 0.25) is 0 Å². The second-order valence-electron chi connectivity index (χ2n) is 17.6. The Bertz CT molecular complexity index is 992. The number of unbranched alkanes of at least 4 members (excludes halogenated alkanes) is 23. The van der Waals surface area contributed by atoms with Crippen molar-refractivity contribution >= 4 is 24.1 Å². The first-order chi connectivity index (χ1) is 29.9. The van der Waals surface area contributed by atoms with Crippen molar-refractivity contribution in [2.75, 3.05) is 37.2 Å². The highest BCUT2D eigenvalue weighted by molar-refractivity contribution is 5.69. The Balaban J connectivity index is 0. The zero-order chi connectivity index (χ0) is 45.3. The molecule has 0 aromatic carbocycles. The van der Waals surface area contributed by atoms with Gasteiger partial charge in [-0.2, -0.15) is 5.10 Å². The highest BCUT2D eigenvalue weighted by atomic mass is 16.5. The Morgan fingerprint density at radius 1 is 0.656 bits per heavy atom. The Kier molecular flexibility index (Phi) is 50.2. The molecular formula is C52H105N5O4. The van der Waals surface area contributed by atoms with Crippen LogP contribution < -0.4 is 11.1 Å². The van der Waals surface area contributed by atoms with E-state index in [1.807, 2.05) is 19.9 Å². The molecule has 61 heavy (non-hydrogen) atoms. The van der Waals surface area contributed by atoms with Gasteiger partial charge >= 0.3 is 5.97 Å². The molecule has 0 radical (unpaired) electrons. The summed E-state index contributed by atoms with van der Waals surface area (Å²) in [4.78, 5) is 23.9. The largest absolute Gasteiger partial charge is 0.483 e. The summed E-state index contributed by atoms with van der Waals surface area (Å²) >= 11 is 0. The van der Waals surface area contributed by atoms with Gasteiger partial charge in [-0.05, 0) is 76.9 Å². The summed E-state index contributed by atoms with van der Waals surface area (Å²) in [6.07, 6.45) is 44.8. The predicted molar refractivity (Wildman–Crippen MR) is 266 cm³/mol. The smallest absolute Gasteiger partial charge is 0.306 e. The Morgan fingerprint density at radius 3 is 1.48 bits per heavy atom. The fourth-order valence-electron chi connectivity index (χ4n) is 8.29. The number of ether oxygens (including phenoxy) is 1. The molecule has 0 saturated heterocycles. The van der Waals surface area contributed by atoms with Gasteiger partial charge in [-0.3, -0.25) is 14.7 Å². The minimum Gasteiger partial charge on any atom is -0.483 e. The summed E-state index contributed by atoms with van der Waals surface area (Å²) in [6.45, 7) is 17.4. The van der Waals surface area contributed by atoms with Crippen molar-refractivity contribution in [1.29, 1.82) is 0 Å². The third-order valence-electron chi connectivity index (χ3n) is 12.1. The van der Waals surface area contributed by atoms with Gasteiger partial charge in [0.15, 0.2) is 0 Å². The van der Waals surface area contributed by atoms with E-state index >= 15 is 0 Å². The monoisotopic (exact) mass is 864 g/mol. The highest BCUT2D eigenvalue weighted by Gasteiger charge is 2.15. The minimum atomic E-state index is -0.250. The summed E-state index contributed by atoms with van der Waals surface area (Å²) in [5.41, 5.74) is 5.80. The van der Waals surface area contributed by atoms with Crippen LogP contribution in [0.2, 0.25) is 0 Å². The molecule has 0 spiro atoms. The standard InChI is InChI=1S/C49H97N5O2.C2H6.CH2O2/c1-5-9-12-15-20-27-35-45(8-4)36-28-21-18-25-32-41-54(43-34-40-51-48-44-47(50)52-53-48)42-33-26-19-24-31-39-49(55)56-46(37-29-22-16-13-10-6-2)38-30-23-17-14-11-7-3;1-2;2-1-3/h44-46H,5-43H2,1-4H3,(H4,50,51,52,53);1-2H3;1H,(H,2,3). The molecule has 0 bridgehead atoms. The average Bonchev–Trinajstić information content (AvgIpc) is 3.69. The Hall–Kier alpha value is -2.29. The van der Waals surface area contributed by atoms with E-state index in [-0.39, 0.29) is 18.5 Å². The van der Waals surface area contributed by atoms with Crippen molar-refractivity contribution < 1.29 is 19.4 Å². The number of hydrogen-bond acceptors (Lipinski definition) is 7. The maximum atomic E-state index is 12.9. The molecule has 1 rings (SSSR count). The lowest BCUT2D eigenvalue weighted by Crippen LogP contribution is -2.28. The molecule has 1 unspecified atom stereocenters. The van der Waals surface area contributed by atoms with Crippen molar-refractivity contribution in [2.24, 2.45) is 5.92 Å². The summed E-state index contributed by atoms with van der Waals surface area (Å²) in [5, 5.41) is 17.3. The number of aromatic amines is 1. The number of aromatic nitrogens is 2. The van der Waals surface area contributed by atoms with E-state index < -0.39 is 0 Å². The Labute approximate surface area is 379 Å². The molecule has 1 heterocycles. The van der Waals surface area contributed by atoms with Crippen LogP contribution in [0.15, 0.2) is 6.07 Å². The van der Waals surface area contributed by atoms with Crippen molar-refractivity contribution in [3.05, 3.63) is 6.07 Å². The SMILES string of the molecule is CC.CCCCCCCCC(CC)CCCCCCCN(CCCCCCCC(=O)OC(CCCCCCCC)CCCCCCCC)CCCNc1cc(N)[nH]n1.O=CO. The number of carboxylic acid groups (broad SMARTS) is 1. The lowest BCUT2D eigenvalue weighted by atomic mass is 9.92. The van der Waals surface area contributed by atoms with Crippen molar-refractivity contribution in [3.8, 4) is 0 Å². The van der Waals surface area contributed by atoms with Gasteiger partial charge in [-0.15, -0.1) is 0 Å². The first-order valence-electron chi connectivity index (χ1n) is 26.5. The van der Waals surface area contributed by atoms with Crippen LogP contribution in [-0.4, -0.2) is 64.9 Å². The number of nitrogens with one attached hydrogen (secondary N) is 2. The number of carbonyl (C=O) groups is 2. The predicted octanol–water partition coefficient (Wildman–Crippen LogP) is 15.7. The fraction of sp³-hybridized carbons (Fsp3) is 0.904. The van der Waals surface area contributed by atoms with Gasteiger partial charge in [0.1, 0.15) is 17.7 Å². The molecule has 1 atom stereocenters. The van der Waals surface area contributed by atoms with Gasteiger partial charge in [0.25, 0.3) is 6.47 Å². The maximum Gasteiger partial charge on any atom is 0.306 e. The normalized spacial score (nSPS) is 11.5. The van der Waals surface area contributed by atoms with Gasteiger partial charge < -0.3 is 25.8 Å². The molecule has 0 aliphatic carbocycles. The van der Waals surface area contributed by atoms with Crippen LogP contribution in [0.25, 0.3) is 0 Å². The van der Waals surface area contributed by atoms with Gasteiger partial charge in [-0.25, -0.2) is 0 Å². The van der Waals surface area contributed by atoms with Gasteiger partial charge in [-0.1, -0.05) is 208 Å². The van der Waals surface area contributed by atoms with Crippen molar-refractivity contribution in [1.82, 2.24) is 15.1 Å². The van der Waals surface area contributed by atoms with Crippen molar-refractivity contribution in [3.63, 3.8) is 0 Å². The van der Waals surface area contributed by atoms with Gasteiger partial charge in [0, 0.05) is 19.0 Å². The first kappa shape index (κ1) is 60.8. The minimum absolute atomic E-state index is 0.0441. The number of H-pyrrole nitrogens is 1. The molecule has 0 aliphatic rings. The maximum absolute atomic E-state index is 12.9. The number of rotatable bonds is 44. The molecule has 9 nitrogen and oxygen atoms in total. The van der Waals surface area contributed by atoms with Crippen LogP contribution in [0.4, 0.5) is 11.6 Å². The van der Waals surface area contributed by atoms with Crippen molar-refractivity contribution in [2.45, 2.75) is 272 Å². The van der Waals surface area contributed by atoms with E-state index in [0.717, 1.165) is 56.9 Å². The quantitative estimate of drug-likeness (QED) is 0.0289. The van der Waals surface area contributed by atoms with Gasteiger partial charge in [0.05, 0.1) is 0 Å². The molecule has 0 saturated carbocycles. The first-order valence-corrected chi connectivity index (χ1v) is 26.5. The van der Waals surface area contributed by atoms with Crippen LogP contribution in [0.3, 0.4) is 0 Å². The second-order valence-corrected chi connectivity index (χ2v) is 17.6. The Morgan fingerprint density at radius 2 is 1.05 bits per heavy atom. The molecule has 5 N–H and O–H groups in total. The summed E-state index contributed by atoms with van der Waals surface area (Å²) in [5.74, 6) is 2.43. The highest BCUT2D eigenvalue weighted by Crippen LogP contribution is 2.22. The molecule has 1 aromatic heterocycles. The number of carbonyl (C=O) groups excluding carboxylic acids is 1. The lowest BCUT2D eigenvalue weighted by Gasteiger charge is -2.22. The topological polar surface area (TPSA) is 134 Å². The number of esters is 1. The van der Waals surface area contributed by atoms with Crippen LogP contribution in [-0.2, 0) is 14.3 Å². The number of nitrogens with zero attached hydrogens (tertiary/aromatic N) is 2. The van der Waals surface area contributed by atoms with Crippen LogP contribution in [0.5, 0.6) is 0 Å². The van der Waals surface area contributed by atoms with E-state index in [0.29, 0.717) is 12.2 Å². The zero-order valence-corrected chi connectivity index (χ0v) is 41.5. The van der Waals surface area contributed by atoms with E-state index in [2.05, 4.69) is 48.1 Å². The molecular weight excluding hydrogens is 759 g/mol. The second kappa shape index (κ2) is 50.4. The van der Waals surface area contributed by atoms with E-state index in [1.165, 1.54) is 199 Å². The number of nitrogens with two attached hydrogens (primary N) is 1. The van der Waals surface area contributed by atoms with Crippen LogP contribution in [0.1, 0.15) is 266 Å². The molecule has 9 heteroatoms. The molecule has 0 aliphatic heterocycles. The molecule has 1 aromatic rings. The number of hydrogen-bond donors (Lipinski definition) is 4. The van der Waals surface area contributed by atoms with E-state index in [1.54, 1.807) is 0 Å². The summed E-state index contributed by atoms with van der Waals surface area (Å²) in [7, 11) is 0. The fourth-order valence-corrected chi connectivity index (χ4v) is 8.29. The summed E-state index contributed by atoms with van der Waals surface area (Å²) < 4.78 is 6.09.